The Morgan fingerprint density at radius 3 is 1.71 bits per heavy atom. The summed E-state index contributed by atoms with van der Waals surface area (Å²) < 4.78 is 0. The van der Waals surface area contributed by atoms with Crippen LogP contribution in [0.3, 0.4) is 0 Å². The van der Waals surface area contributed by atoms with Crippen LogP contribution >= 0.6 is 0 Å². The van der Waals surface area contributed by atoms with Crippen molar-refractivity contribution < 1.29 is 9.59 Å². The number of unbranched alkanes of at least 4 members (excludes halogenated alkanes) is 10. The van der Waals surface area contributed by atoms with E-state index >= 15 is 0 Å². The van der Waals surface area contributed by atoms with Crippen molar-refractivity contribution in [3.05, 3.63) is 0 Å². The van der Waals surface area contributed by atoms with Crippen LogP contribution in [0.5, 0.6) is 0 Å². The molecule has 0 spiro atoms. The molecule has 0 aromatic rings. The molecule has 4 nitrogen and oxygen atoms in total. The minimum atomic E-state index is -0.619. The van der Waals surface area contributed by atoms with Crippen molar-refractivity contribution in [2.75, 3.05) is 0 Å². The summed E-state index contributed by atoms with van der Waals surface area (Å²) in [4.78, 5) is 22.6. The highest BCUT2D eigenvalue weighted by Gasteiger charge is 2.10. The van der Waals surface area contributed by atoms with Gasteiger partial charge in [0.05, 0.1) is 6.04 Å². The Kier molecular flexibility index (Phi) is 13.5. The van der Waals surface area contributed by atoms with Crippen LogP contribution < -0.4 is 11.1 Å². The first-order chi connectivity index (χ1) is 10.1. The van der Waals surface area contributed by atoms with Crippen LogP contribution in [0.1, 0.15) is 90.9 Å². The standard InChI is InChI=1S/C17H34N2O2/c1-3-4-5-6-7-8-9-10-11-12-13-14-16(20)19-17(21)15(2)18/h15H,3-14,18H2,1-2H3,(H,19,20,21)/t15-/m0/s1. The highest BCUT2D eigenvalue weighted by atomic mass is 16.2. The summed E-state index contributed by atoms with van der Waals surface area (Å²) in [6.45, 7) is 3.82. The van der Waals surface area contributed by atoms with Gasteiger partial charge in [0, 0.05) is 6.42 Å². The molecule has 21 heavy (non-hydrogen) atoms. The third-order valence-corrected chi connectivity index (χ3v) is 3.68. The second-order valence-corrected chi connectivity index (χ2v) is 5.99. The summed E-state index contributed by atoms with van der Waals surface area (Å²) in [6.07, 6.45) is 14.2. The molecule has 0 fully saturated rings. The molecule has 0 aliphatic heterocycles. The molecule has 2 amide bonds. The number of carbonyl (C=O) groups excluding carboxylic acids is 2. The van der Waals surface area contributed by atoms with E-state index in [9.17, 15) is 9.59 Å². The lowest BCUT2D eigenvalue weighted by Crippen LogP contribution is -2.41. The van der Waals surface area contributed by atoms with Crippen molar-refractivity contribution in [3.8, 4) is 0 Å². The number of amides is 2. The predicted molar refractivity (Wildman–Crippen MR) is 87.9 cm³/mol. The second-order valence-electron chi connectivity index (χ2n) is 5.99. The van der Waals surface area contributed by atoms with Crippen molar-refractivity contribution in [1.82, 2.24) is 5.32 Å². The third kappa shape index (κ3) is 13.8. The molecular weight excluding hydrogens is 264 g/mol. The lowest BCUT2D eigenvalue weighted by atomic mass is 10.1. The van der Waals surface area contributed by atoms with E-state index in [1.807, 2.05) is 0 Å². The molecule has 0 saturated carbocycles. The molecule has 3 N–H and O–H groups in total. The molecule has 124 valence electrons. The van der Waals surface area contributed by atoms with Crippen LogP contribution in [0.25, 0.3) is 0 Å². The number of carbonyl (C=O) groups is 2. The van der Waals surface area contributed by atoms with Gasteiger partial charge in [-0.05, 0) is 13.3 Å². The molecule has 1 atom stereocenters. The Bertz CT molecular complexity index is 278. The van der Waals surface area contributed by atoms with Crippen molar-refractivity contribution in [2.45, 2.75) is 96.9 Å². The minimum absolute atomic E-state index is 0.201. The lowest BCUT2D eigenvalue weighted by Gasteiger charge is -2.06. The zero-order chi connectivity index (χ0) is 15.9. The highest BCUT2D eigenvalue weighted by molar-refractivity contribution is 5.97. The molecule has 0 saturated heterocycles. The van der Waals surface area contributed by atoms with E-state index in [1.54, 1.807) is 6.92 Å². The summed E-state index contributed by atoms with van der Waals surface area (Å²) in [5, 5.41) is 2.31. The Balaban J connectivity index is 3.25. The van der Waals surface area contributed by atoms with Gasteiger partial charge in [-0.2, -0.15) is 0 Å². The third-order valence-electron chi connectivity index (χ3n) is 3.68. The normalized spacial score (nSPS) is 12.1. The number of nitrogens with one attached hydrogen (secondary N) is 1. The smallest absolute Gasteiger partial charge is 0.243 e. The van der Waals surface area contributed by atoms with E-state index in [2.05, 4.69) is 12.2 Å². The van der Waals surface area contributed by atoms with Gasteiger partial charge < -0.3 is 5.73 Å². The molecule has 0 heterocycles. The monoisotopic (exact) mass is 298 g/mol. The van der Waals surface area contributed by atoms with E-state index in [1.165, 1.54) is 57.8 Å². The number of imide groups is 1. The summed E-state index contributed by atoms with van der Waals surface area (Å²) >= 11 is 0. The highest BCUT2D eigenvalue weighted by Crippen LogP contribution is 2.11. The number of hydrogen-bond acceptors (Lipinski definition) is 3. The molecule has 0 unspecified atom stereocenters. The molecule has 0 aromatic carbocycles. The fraction of sp³-hybridized carbons (Fsp3) is 0.882. The van der Waals surface area contributed by atoms with E-state index in [4.69, 9.17) is 5.73 Å². The van der Waals surface area contributed by atoms with Gasteiger partial charge in [-0.1, -0.05) is 71.1 Å². The topological polar surface area (TPSA) is 72.2 Å². The van der Waals surface area contributed by atoms with Gasteiger partial charge in [-0.3, -0.25) is 14.9 Å². The zero-order valence-electron chi connectivity index (χ0n) is 14.0. The van der Waals surface area contributed by atoms with Gasteiger partial charge >= 0.3 is 0 Å². The van der Waals surface area contributed by atoms with E-state index in [0.29, 0.717) is 6.42 Å². The van der Waals surface area contributed by atoms with Crippen molar-refractivity contribution >= 4 is 11.8 Å². The lowest BCUT2D eigenvalue weighted by molar-refractivity contribution is -0.131. The second kappa shape index (κ2) is 14.1. The van der Waals surface area contributed by atoms with E-state index < -0.39 is 6.04 Å². The Morgan fingerprint density at radius 1 is 0.857 bits per heavy atom. The molecule has 0 aliphatic rings. The van der Waals surface area contributed by atoms with Crippen molar-refractivity contribution in [3.63, 3.8) is 0 Å². The largest absolute Gasteiger partial charge is 0.320 e. The maximum absolute atomic E-state index is 11.4. The first-order valence-corrected chi connectivity index (χ1v) is 8.67. The van der Waals surface area contributed by atoms with Crippen LogP contribution in [-0.4, -0.2) is 17.9 Å². The predicted octanol–water partition coefficient (Wildman–Crippen LogP) is 3.68. The van der Waals surface area contributed by atoms with Crippen molar-refractivity contribution in [1.29, 1.82) is 0 Å². The van der Waals surface area contributed by atoms with Crippen LogP contribution in [0.4, 0.5) is 0 Å². The van der Waals surface area contributed by atoms with E-state index in [-0.39, 0.29) is 11.8 Å². The first-order valence-electron chi connectivity index (χ1n) is 8.67. The molecule has 0 aliphatic carbocycles. The number of hydrogen-bond donors (Lipinski definition) is 2. The van der Waals surface area contributed by atoms with Crippen LogP contribution in [-0.2, 0) is 9.59 Å². The summed E-state index contributed by atoms with van der Waals surface area (Å²) in [6, 6.07) is -0.619. The maximum Gasteiger partial charge on any atom is 0.243 e. The fourth-order valence-corrected chi connectivity index (χ4v) is 2.26. The Hall–Kier alpha value is -0.900. The van der Waals surface area contributed by atoms with Crippen LogP contribution in [0, 0.1) is 0 Å². The SMILES string of the molecule is CCCCCCCCCCCCCC(=O)NC(=O)[C@H](C)N. The zero-order valence-corrected chi connectivity index (χ0v) is 14.0. The van der Waals surface area contributed by atoms with E-state index in [0.717, 1.165) is 12.8 Å². The minimum Gasteiger partial charge on any atom is -0.320 e. The average molecular weight is 298 g/mol. The van der Waals surface area contributed by atoms with Crippen LogP contribution in [0.2, 0.25) is 0 Å². The van der Waals surface area contributed by atoms with Gasteiger partial charge in [0.1, 0.15) is 0 Å². The molecule has 0 bridgehead atoms. The summed E-state index contributed by atoms with van der Waals surface area (Å²) in [5.41, 5.74) is 5.38. The Labute approximate surface area is 130 Å². The van der Waals surface area contributed by atoms with Gasteiger partial charge in [-0.25, -0.2) is 0 Å². The van der Waals surface area contributed by atoms with Crippen molar-refractivity contribution in [2.24, 2.45) is 5.73 Å². The molecule has 0 radical (unpaired) electrons. The first kappa shape index (κ1) is 20.1. The molecule has 0 rings (SSSR count). The summed E-state index contributed by atoms with van der Waals surface area (Å²) in [7, 11) is 0. The van der Waals surface area contributed by atoms with Gasteiger partial charge in [0.15, 0.2) is 0 Å². The average Bonchev–Trinajstić information content (AvgIpc) is 2.44. The molecule has 0 aromatic heterocycles. The van der Waals surface area contributed by atoms with Gasteiger partial charge in [0.2, 0.25) is 11.8 Å². The maximum atomic E-state index is 11.4. The number of nitrogens with two attached hydrogens (primary N) is 1. The van der Waals surface area contributed by atoms with Gasteiger partial charge in [0.25, 0.3) is 0 Å². The molecule has 4 heteroatoms. The van der Waals surface area contributed by atoms with Crippen LogP contribution in [0.15, 0.2) is 0 Å². The fourth-order valence-electron chi connectivity index (χ4n) is 2.26. The molecular formula is C17H34N2O2. The summed E-state index contributed by atoms with van der Waals surface area (Å²) in [5.74, 6) is -0.587. The van der Waals surface area contributed by atoms with Gasteiger partial charge in [-0.15, -0.1) is 0 Å². The number of rotatable bonds is 13. The quantitative estimate of drug-likeness (QED) is 0.509. The Morgan fingerprint density at radius 2 is 1.29 bits per heavy atom.